The van der Waals surface area contributed by atoms with Gasteiger partial charge in [-0.1, -0.05) is 30.3 Å². The number of amides is 1. The smallest absolute Gasteiger partial charge is 0.224 e. The molecule has 0 aromatic heterocycles. The van der Waals surface area contributed by atoms with E-state index >= 15 is 0 Å². The molecule has 3 unspecified atom stereocenters. The van der Waals surface area contributed by atoms with Gasteiger partial charge in [0, 0.05) is 21.8 Å². The molecule has 9 heteroatoms. The third kappa shape index (κ3) is 6.52. The van der Waals surface area contributed by atoms with E-state index in [0.29, 0.717) is 24.0 Å². The van der Waals surface area contributed by atoms with Crippen LogP contribution in [0.4, 0.5) is 0 Å². The van der Waals surface area contributed by atoms with Crippen LogP contribution in [0, 0.1) is 17.8 Å². The minimum Gasteiger partial charge on any atom is -0.507 e. The third-order valence-electron chi connectivity index (χ3n) is 6.65. The van der Waals surface area contributed by atoms with E-state index in [4.69, 9.17) is 5.73 Å². The first kappa shape index (κ1) is 28.1. The summed E-state index contributed by atoms with van der Waals surface area (Å²) in [5.41, 5.74) is 8.56. The van der Waals surface area contributed by atoms with Crippen molar-refractivity contribution < 1.29 is 43.1 Å². The number of hydrogen-bond acceptors (Lipinski definition) is 7. The molecule has 3 atom stereocenters. The molecule has 1 aliphatic carbocycles. The number of aliphatic hydroxyl groups is 3. The number of benzene rings is 2. The lowest BCUT2D eigenvalue weighted by Gasteiger charge is -2.31. The van der Waals surface area contributed by atoms with Crippen molar-refractivity contribution >= 4 is 17.5 Å². The molecule has 194 valence electrons. The van der Waals surface area contributed by atoms with Crippen molar-refractivity contribution in [3.8, 4) is 16.9 Å². The van der Waals surface area contributed by atoms with Gasteiger partial charge in [0.25, 0.3) is 0 Å². The Bertz CT molecular complexity index is 1060. The average molecular weight is 492 g/mol. The number of aliphatic hydroxyl groups excluding tert-OH is 3. The van der Waals surface area contributed by atoms with E-state index in [2.05, 4.69) is 0 Å². The Hall–Kier alpha value is -3.11. The first-order valence-electron chi connectivity index (χ1n) is 11.4. The molecule has 0 spiro atoms. The quantitative estimate of drug-likeness (QED) is 0.293. The topological polar surface area (TPSA) is 190 Å². The lowest BCUT2D eigenvalue weighted by Crippen LogP contribution is -2.33. The van der Waals surface area contributed by atoms with Gasteiger partial charge in [0.15, 0.2) is 5.78 Å². The van der Waals surface area contributed by atoms with Crippen molar-refractivity contribution in [2.45, 2.75) is 38.7 Å². The van der Waals surface area contributed by atoms with Gasteiger partial charge in [-0.25, -0.2) is 0 Å². The minimum atomic E-state index is -0.856. The highest BCUT2D eigenvalue weighted by molar-refractivity contribution is 6.03. The Labute approximate surface area is 206 Å². The number of fused-ring (bicyclic) bond motifs is 1. The van der Waals surface area contributed by atoms with Crippen molar-refractivity contribution in [1.29, 1.82) is 0 Å². The van der Waals surface area contributed by atoms with Gasteiger partial charge in [-0.15, -0.1) is 0 Å². The fraction of sp³-hybridized carbons (Fsp3) is 0.423. The van der Waals surface area contributed by atoms with Gasteiger partial charge >= 0.3 is 0 Å². The molecule has 0 aliphatic heterocycles. The molecule has 1 amide bonds. The summed E-state index contributed by atoms with van der Waals surface area (Å²) in [5, 5.41) is 39.1. The highest BCUT2D eigenvalue weighted by Crippen LogP contribution is 2.41. The van der Waals surface area contributed by atoms with Crippen LogP contribution < -0.4 is 5.73 Å². The predicted molar refractivity (Wildman–Crippen MR) is 133 cm³/mol. The first-order chi connectivity index (χ1) is 16.3. The van der Waals surface area contributed by atoms with Crippen molar-refractivity contribution in [3.63, 3.8) is 0 Å². The Morgan fingerprint density at radius 3 is 2.31 bits per heavy atom. The lowest BCUT2D eigenvalue weighted by atomic mass is 9.72. The number of hydrogen-bond donors (Lipinski definition) is 5. The van der Waals surface area contributed by atoms with Crippen molar-refractivity contribution in [2.24, 2.45) is 23.5 Å². The number of aromatic hydroxyl groups is 1. The highest BCUT2D eigenvalue weighted by atomic mass is 16.3. The number of carbonyl (C=O) groups is 3. The van der Waals surface area contributed by atoms with Crippen LogP contribution >= 0.6 is 0 Å². The summed E-state index contributed by atoms with van der Waals surface area (Å²) in [5.74, 6) is -2.99. The number of carbonyl (C=O) groups excluding carboxylic acids is 3. The molecule has 2 aromatic carbocycles. The van der Waals surface area contributed by atoms with Crippen LogP contribution in [0.2, 0.25) is 0 Å². The normalized spacial score (nSPS) is 16.7. The summed E-state index contributed by atoms with van der Waals surface area (Å²) in [6, 6.07) is 10.6. The van der Waals surface area contributed by atoms with E-state index in [1.807, 2.05) is 12.1 Å². The summed E-state index contributed by atoms with van der Waals surface area (Å²) in [4.78, 5) is 36.7. The van der Waals surface area contributed by atoms with Gasteiger partial charge in [-0.05, 0) is 59.4 Å². The standard InChI is InChI=1S/C26H31NO7.H2O.2H2/c27-25(34)12-23(32)21(14-30)18(7-8-28)9-16-10-20-19(17-3-1-15(13-29)2-4-17)5-6-22(31)26(20)24(33)11-16;;;/h1-6,16,18,21,28-31H,7-14H2,(H2,27,34);1H2;2*1H. The number of phenols is 1. The number of primary amides is 1. The monoisotopic (exact) mass is 491 g/mol. The SMILES string of the molecule is NC(=O)CC(=O)C(CO)C(CCO)CC1CC(=O)c2c(O)ccc(-c3ccc(CO)cc3)c2C1.O.[HH].[HH]. The second-order valence-electron chi connectivity index (χ2n) is 8.94. The molecule has 0 bridgehead atoms. The van der Waals surface area contributed by atoms with E-state index in [1.165, 1.54) is 6.07 Å². The third-order valence-corrected chi connectivity index (χ3v) is 6.65. The van der Waals surface area contributed by atoms with E-state index in [-0.39, 0.29) is 51.8 Å². The molecule has 3 rings (SSSR count). The number of rotatable bonds is 11. The first-order valence-corrected chi connectivity index (χ1v) is 11.4. The van der Waals surface area contributed by atoms with Crippen LogP contribution in [0.3, 0.4) is 0 Å². The summed E-state index contributed by atoms with van der Waals surface area (Å²) in [6.45, 7) is -0.760. The zero-order valence-electron chi connectivity index (χ0n) is 19.4. The Kier molecular flexibility index (Phi) is 10.1. The largest absolute Gasteiger partial charge is 0.507 e. The molecule has 8 N–H and O–H groups in total. The molecule has 35 heavy (non-hydrogen) atoms. The van der Waals surface area contributed by atoms with E-state index in [0.717, 1.165) is 16.7 Å². The van der Waals surface area contributed by atoms with E-state index in [9.17, 15) is 34.8 Å². The number of Topliss-reactive ketones (excluding diaryl/α,β-unsaturated/α-hetero) is 2. The molecule has 0 saturated heterocycles. The maximum Gasteiger partial charge on any atom is 0.224 e. The van der Waals surface area contributed by atoms with Crippen molar-refractivity contribution in [3.05, 3.63) is 53.1 Å². The molecule has 0 saturated carbocycles. The molecule has 0 fully saturated rings. The maximum absolute atomic E-state index is 13.0. The minimum absolute atomic E-state index is 0. The Morgan fingerprint density at radius 1 is 1.06 bits per heavy atom. The van der Waals surface area contributed by atoms with Crippen LogP contribution in [0.15, 0.2) is 36.4 Å². The molecular formula is C26H37NO8. The fourth-order valence-corrected chi connectivity index (χ4v) is 5.00. The molecular weight excluding hydrogens is 454 g/mol. The van der Waals surface area contributed by atoms with Gasteiger partial charge < -0.3 is 31.6 Å². The summed E-state index contributed by atoms with van der Waals surface area (Å²) in [6.07, 6.45) is 0.776. The summed E-state index contributed by atoms with van der Waals surface area (Å²) in [7, 11) is 0. The zero-order valence-corrected chi connectivity index (χ0v) is 19.4. The van der Waals surface area contributed by atoms with Gasteiger partial charge in [-0.2, -0.15) is 0 Å². The summed E-state index contributed by atoms with van der Waals surface area (Å²) < 4.78 is 0. The van der Waals surface area contributed by atoms with Crippen molar-refractivity contribution in [1.82, 2.24) is 0 Å². The Balaban J connectivity index is 0.00000432. The van der Waals surface area contributed by atoms with Gasteiger partial charge in [0.1, 0.15) is 11.5 Å². The molecule has 9 nitrogen and oxygen atoms in total. The van der Waals surface area contributed by atoms with Crippen LogP contribution in [0.25, 0.3) is 11.1 Å². The van der Waals surface area contributed by atoms with Gasteiger partial charge in [-0.3, -0.25) is 14.4 Å². The zero-order chi connectivity index (χ0) is 24.8. The van der Waals surface area contributed by atoms with Crippen LogP contribution in [0.5, 0.6) is 5.75 Å². The number of ketones is 2. The second-order valence-corrected chi connectivity index (χ2v) is 8.94. The number of phenolic OH excluding ortho intramolecular Hbond substituents is 1. The van der Waals surface area contributed by atoms with Crippen LogP contribution in [-0.4, -0.2) is 56.6 Å². The molecule has 0 heterocycles. The summed E-state index contributed by atoms with van der Waals surface area (Å²) >= 11 is 0. The fourth-order valence-electron chi connectivity index (χ4n) is 5.00. The van der Waals surface area contributed by atoms with Crippen molar-refractivity contribution in [2.75, 3.05) is 13.2 Å². The second kappa shape index (κ2) is 12.6. The van der Waals surface area contributed by atoms with Gasteiger partial charge in [0.2, 0.25) is 5.91 Å². The molecule has 1 aliphatic rings. The average Bonchev–Trinajstić information content (AvgIpc) is 2.79. The predicted octanol–water partition coefficient (Wildman–Crippen LogP) is 1.41. The van der Waals surface area contributed by atoms with Gasteiger partial charge in [0.05, 0.1) is 25.2 Å². The molecule has 0 radical (unpaired) electrons. The molecule has 2 aromatic rings. The van der Waals surface area contributed by atoms with Crippen LogP contribution in [0.1, 0.15) is 50.0 Å². The van der Waals surface area contributed by atoms with E-state index in [1.54, 1.807) is 18.2 Å². The highest BCUT2D eigenvalue weighted by Gasteiger charge is 2.35. The van der Waals surface area contributed by atoms with E-state index < -0.39 is 36.6 Å². The maximum atomic E-state index is 13.0. The van der Waals surface area contributed by atoms with Crippen LogP contribution in [-0.2, 0) is 22.6 Å². The number of nitrogens with two attached hydrogens (primary N) is 1. The lowest BCUT2D eigenvalue weighted by molar-refractivity contribution is -0.131. The Morgan fingerprint density at radius 2 is 1.74 bits per heavy atom.